The molecule has 3 nitrogen and oxygen atoms in total. The molecule has 1 fully saturated rings. The predicted molar refractivity (Wildman–Crippen MR) is 79.6 cm³/mol. The van der Waals surface area contributed by atoms with Gasteiger partial charge in [0.05, 0.1) is 4.90 Å². The van der Waals surface area contributed by atoms with Crippen molar-refractivity contribution in [3.8, 4) is 0 Å². The summed E-state index contributed by atoms with van der Waals surface area (Å²) < 4.78 is 22.9. The molecule has 1 saturated carbocycles. The van der Waals surface area contributed by atoms with Gasteiger partial charge in [-0.25, -0.2) is 8.42 Å². The lowest BCUT2D eigenvalue weighted by Gasteiger charge is -2.29. The summed E-state index contributed by atoms with van der Waals surface area (Å²) in [5.74, 6) is 0.764. The molecule has 1 aromatic carbocycles. The van der Waals surface area contributed by atoms with Gasteiger partial charge in [-0.3, -0.25) is 4.79 Å². The number of hydrogen-bond acceptors (Lipinski definition) is 3. The molecular formula is C16H22O3S. The van der Waals surface area contributed by atoms with E-state index >= 15 is 0 Å². The van der Waals surface area contributed by atoms with Gasteiger partial charge in [0.15, 0.2) is 15.6 Å². The molecule has 2 atom stereocenters. The fraction of sp³-hybridized carbons (Fsp3) is 0.562. The highest BCUT2D eigenvalue weighted by Gasteiger charge is 2.30. The van der Waals surface area contributed by atoms with Crippen molar-refractivity contribution in [2.75, 3.05) is 6.26 Å². The van der Waals surface area contributed by atoms with Gasteiger partial charge in [0, 0.05) is 17.7 Å². The Morgan fingerprint density at radius 3 is 2.30 bits per heavy atom. The lowest BCUT2D eigenvalue weighted by Crippen LogP contribution is -2.27. The molecule has 0 radical (unpaired) electrons. The summed E-state index contributed by atoms with van der Waals surface area (Å²) in [5.41, 5.74) is 0.641. The van der Waals surface area contributed by atoms with Crippen LogP contribution in [0.4, 0.5) is 0 Å². The van der Waals surface area contributed by atoms with E-state index in [2.05, 4.69) is 6.92 Å². The molecule has 2 rings (SSSR count). The third kappa shape index (κ3) is 3.29. The van der Waals surface area contributed by atoms with Crippen molar-refractivity contribution in [2.45, 2.75) is 43.9 Å². The average molecular weight is 294 g/mol. The maximum Gasteiger partial charge on any atom is 0.175 e. The molecule has 1 aliphatic carbocycles. The van der Waals surface area contributed by atoms with Crippen LogP contribution in [-0.2, 0) is 9.84 Å². The highest BCUT2D eigenvalue weighted by atomic mass is 32.2. The van der Waals surface area contributed by atoms with Crippen LogP contribution in [0.15, 0.2) is 29.2 Å². The zero-order chi connectivity index (χ0) is 14.8. The van der Waals surface area contributed by atoms with E-state index in [4.69, 9.17) is 0 Å². The number of rotatable bonds is 4. The lowest BCUT2D eigenvalue weighted by molar-refractivity contribution is 0.0820. The summed E-state index contributed by atoms with van der Waals surface area (Å²) in [7, 11) is -3.20. The van der Waals surface area contributed by atoms with Crippen LogP contribution in [0.2, 0.25) is 0 Å². The average Bonchev–Trinajstić information content (AvgIpc) is 2.45. The fourth-order valence-corrected chi connectivity index (χ4v) is 3.75. The van der Waals surface area contributed by atoms with Crippen molar-refractivity contribution in [3.63, 3.8) is 0 Å². The molecule has 0 aliphatic heterocycles. The first-order chi connectivity index (χ1) is 9.43. The molecule has 0 amide bonds. The molecule has 0 bridgehead atoms. The van der Waals surface area contributed by atoms with Crippen LogP contribution in [0.1, 0.15) is 49.4 Å². The summed E-state index contributed by atoms with van der Waals surface area (Å²) >= 11 is 0. The Morgan fingerprint density at radius 1 is 1.15 bits per heavy atom. The maximum absolute atomic E-state index is 12.6. The van der Waals surface area contributed by atoms with Crippen molar-refractivity contribution in [1.29, 1.82) is 0 Å². The zero-order valence-electron chi connectivity index (χ0n) is 12.1. The van der Waals surface area contributed by atoms with Crippen molar-refractivity contribution < 1.29 is 13.2 Å². The molecule has 1 aliphatic rings. The molecule has 0 spiro atoms. The SMILES string of the molecule is CCC1CCCCC1C(=O)c1ccc(S(C)(=O)=O)cc1. The van der Waals surface area contributed by atoms with Gasteiger partial charge in [0.25, 0.3) is 0 Å². The molecule has 0 N–H and O–H groups in total. The van der Waals surface area contributed by atoms with Crippen molar-refractivity contribution >= 4 is 15.6 Å². The van der Waals surface area contributed by atoms with Gasteiger partial charge in [-0.05, 0) is 30.9 Å². The normalized spacial score (nSPS) is 23.5. The van der Waals surface area contributed by atoms with Crippen LogP contribution in [0.3, 0.4) is 0 Å². The van der Waals surface area contributed by atoms with E-state index < -0.39 is 9.84 Å². The maximum atomic E-state index is 12.6. The van der Waals surface area contributed by atoms with Crippen molar-refractivity contribution in [1.82, 2.24) is 0 Å². The standard InChI is InChI=1S/C16H22O3S/c1-3-12-6-4-5-7-15(12)16(17)13-8-10-14(11-9-13)20(2,18)19/h8-12,15H,3-7H2,1-2H3. The van der Waals surface area contributed by atoms with E-state index in [9.17, 15) is 13.2 Å². The Bertz CT molecular complexity index is 572. The van der Waals surface area contributed by atoms with Crippen molar-refractivity contribution in [2.24, 2.45) is 11.8 Å². The Kier molecular flexibility index (Phi) is 4.63. The minimum atomic E-state index is -3.20. The van der Waals surface area contributed by atoms with E-state index in [0.717, 1.165) is 25.7 Å². The summed E-state index contributed by atoms with van der Waals surface area (Å²) in [6.45, 7) is 2.14. The van der Waals surface area contributed by atoms with Gasteiger partial charge in [-0.15, -0.1) is 0 Å². The van der Waals surface area contributed by atoms with E-state index in [-0.39, 0.29) is 16.6 Å². The summed E-state index contributed by atoms with van der Waals surface area (Å²) in [5, 5.41) is 0. The number of carbonyl (C=O) groups excluding carboxylic acids is 1. The molecule has 0 aromatic heterocycles. The van der Waals surface area contributed by atoms with E-state index in [1.165, 1.54) is 24.8 Å². The first kappa shape index (κ1) is 15.2. The third-order valence-electron chi connectivity index (χ3n) is 4.34. The highest BCUT2D eigenvalue weighted by molar-refractivity contribution is 7.90. The second kappa shape index (κ2) is 6.08. The smallest absolute Gasteiger partial charge is 0.175 e. The third-order valence-corrected chi connectivity index (χ3v) is 5.47. The van der Waals surface area contributed by atoms with Gasteiger partial charge in [-0.1, -0.05) is 38.3 Å². The minimum absolute atomic E-state index is 0.109. The zero-order valence-corrected chi connectivity index (χ0v) is 12.9. The summed E-state index contributed by atoms with van der Waals surface area (Å²) in [6, 6.07) is 6.37. The first-order valence-corrected chi connectivity index (χ1v) is 9.17. The van der Waals surface area contributed by atoms with Crippen LogP contribution in [0, 0.1) is 11.8 Å². The molecule has 1 aromatic rings. The monoisotopic (exact) mass is 294 g/mol. The Hall–Kier alpha value is -1.16. The highest BCUT2D eigenvalue weighted by Crippen LogP contribution is 2.34. The number of hydrogen-bond donors (Lipinski definition) is 0. The predicted octanol–water partition coefficient (Wildman–Crippen LogP) is 3.49. The van der Waals surface area contributed by atoms with Gasteiger partial charge in [0.2, 0.25) is 0 Å². The van der Waals surface area contributed by atoms with E-state index in [1.807, 2.05) is 0 Å². The minimum Gasteiger partial charge on any atom is -0.294 e. The largest absolute Gasteiger partial charge is 0.294 e. The Labute approximate surface area is 121 Å². The summed E-state index contributed by atoms with van der Waals surface area (Å²) in [4.78, 5) is 12.8. The van der Waals surface area contributed by atoms with Gasteiger partial charge < -0.3 is 0 Å². The van der Waals surface area contributed by atoms with Crippen LogP contribution in [0.25, 0.3) is 0 Å². The number of carbonyl (C=O) groups is 1. The second-order valence-corrected chi connectivity index (χ2v) is 7.74. The number of benzene rings is 1. The van der Waals surface area contributed by atoms with Crippen molar-refractivity contribution in [3.05, 3.63) is 29.8 Å². The number of ketones is 1. The molecular weight excluding hydrogens is 272 g/mol. The Morgan fingerprint density at radius 2 is 1.75 bits per heavy atom. The van der Waals surface area contributed by atoms with Gasteiger partial charge >= 0.3 is 0 Å². The van der Waals surface area contributed by atoms with E-state index in [0.29, 0.717) is 11.5 Å². The van der Waals surface area contributed by atoms with Crippen LogP contribution < -0.4 is 0 Å². The summed E-state index contributed by atoms with van der Waals surface area (Å²) in [6.07, 6.45) is 6.65. The molecule has 2 unspecified atom stereocenters. The lowest BCUT2D eigenvalue weighted by atomic mass is 9.74. The quantitative estimate of drug-likeness (QED) is 0.799. The molecule has 0 heterocycles. The van der Waals surface area contributed by atoms with E-state index in [1.54, 1.807) is 12.1 Å². The molecule has 0 saturated heterocycles. The topological polar surface area (TPSA) is 51.2 Å². The number of sulfone groups is 1. The van der Waals surface area contributed by atoms with Crippen LogP contribution in [0.5, 0.6) is 0 Å². The van der Waals surface area contributed by atoms with Gasteiger partial charge in [-0.2, -0.15) is 0 Å². The molecule has 4 heteroatoms. The number of Topliss-reactive ketones (excluding diaryl/α,β-unsaturated/α-hetero) is 1. The molecule has 110 valence electrons. The van der Waals surface area contributed by atoms with Crippen LogP contribution in [-0.4, -0.2) is 20.5 Å². The fourth-order valence-electron chi connectivity index (χ4n) is 3.12. The molecule has 20 heavy (non-hydrogen) atoms. The Balaban J connectivity index is 2.20. The van der Waals surface area contributed by atoms with Crippen LogP contribution >= 0.6 is 0 Å². The first-order valence-electron chi connectivity index (χ1n) is 7.28. The second-order valence-electron chi connectivity index (χ2n) is 5.72. The van der Waals surface area contributed by atoms with Gasteiger partial charge in [0.1, 0.15) is 0 Å².